The number of hydrogen-bond acceptors (Lipinski definition) is 11. The minimum atomic E-state index is -5.11. The predicted molar refractivity (Wildman–Crippen MR) is 224 cm³/mol. The first-order valence-electron chi connectivity index (χ1n) is 23.1. The van der Waals surface area contributed by atoms with Gasteiger partial charge in [0.05, 0.1) is 31.3 Å². The third kappa shape index (κ3) is 26.3. The van der Waals surface area contributed by atoms with Crippen LogP contribution in [-0.4, -0.2) is 108 Å². The van der Waals surface area contributed by atoms with Gasteiger partial charge >= 0.3 is 7.82 Å². The maximum atomic E-state index is 13.0. The number of aliphatic hydroxyl groups excluding tert-OH is 7. The fourth-order valence-corrected chi connectivity index (χ4v) is 8.62. The molecule has 0 radical (unpaired) electrons. The molecule has 0 spiro atoms. The molecule has 0 aromatic carbocycles. The van der Waals surface area contributed by atoms with Gasteiger partial charge in [0.25, 0.3) is 0 Å². The number of nitrogens with one attached hydrogen (secondary N) is 1. The van der Waals surface area contributed by atoms with Gasteiger partial charge in [0.2, 0.25) is 5.91 Å². The zero-order valence-corrected chi connectivity index (χ0v) is 36.7. The summed E-state index contributed by atoms with van der Waals surface area (Å²) >= 11 is 0. The lowest BCUT2D eigenvalue weighted by atomic mass is 9.85. The minimum Gasteiger partial charge on any atom is -0.393 e. The molecule has 57 heavy (non-hydrogen) atoms. The van der Waals surface area contributed by atoms with Crippen molar-refractivity contribution in [1.29, 1.82) is 0 Å². The van der Waals surface area contributed by atoms with Crippen molar-refractivity contribution in [2.75, 3.05) is 6.61 Å². The van der Waals surface area contributed by atoms with Crippen LogP contribution in [0.1, 0.15) is 206 Å². The zero-order chi connectivity index (χ0) is 42.3. The van der Waals surface area contributed by atoms with E-state index in [1.54, 1.807) is 0 Å². The molecule has 14 heteroatoms. The molecule has 1 rings (SSSR count). The van der Waals surface area contributed by atoms with Crippen LogP contribution >= 0.6 is 7.82 Å². The summed E-state index contributed by atoms with van der Waals surface area (Å²) in [5.41, 5.74) is 0. The number of aliphatic hydroxyl groups is 7. The lowest BCUT2D eigenvalue weighted by molar-refractivity contribution is -0.220. The normalized spacial score (nSPS) is 23.9. The molecular formula is C43H86NO12P. The number of amides is 1. The number of hydrogen-bond donors (Lipinski definition) is 9. The molecule has 0 bridgehead atoms. The Morgan fingerprint density at radius 2 is 0.877 bits per heavy atom. The van der Waals surface area contributed by atoms with E-state index >= 15 is 0 Å². The summed E-state index contributed by atoms with van der Waals surface area (Å²) in [4.78, 5) is 23.4. The van der Waals surface area contributed by atoms with E-state index in [0.29, 0.717) is 12.8 Å². The van der Waals surface area contributed by atoms with Gasteiger partial charge in [0.15, 0.2) is 0 Å². The highest BCUT2D eigenvalue weighted by Crippen LogP contribution is 2.47. The first kappa shape index (κ1) is 54.3. The van der Waals surface area contributed by atoms with Gasteiger partial charge in [-0.15, -0.1) is 0 Å². The average molecular weight is 840 g/mol. The molecule has 13 nitrogen and oxygen atoms in total. The van der Waals surface area contributed by atoms with Gasteiger partial charge in [-0.05, 0) is 12.8 Å². The van der Waals surface area contributed by atoms with Gasteiger partial charge in [-0.2, -0.15) is 0 Å². The van der Waals surface area contributed by atoms with Crippen molar-refractivity contribution in [2.24, 2.45) is 0 Å². The van der Waals surface area contributed by atoms with Crippen LogP contribution in [-0.2, 0) is 18.4 Å². The molecule has 8 unspecified atom stereocenters. The Balaban J connectivity index is 2.51. The van der Waals surface area contributed by atoms with E-state index < -0.39 is 75.2 Å². The number of rotatable bonds is 38. The van der Waals surface area contributed by atoms with Crippen molar-refractivity contribution in [3.8, 4) is 0 Å². The molecule has 0 aromatic heterocycles. The number of unbranched alkanes of at least 4 members (excludes halogenated alkanes) is 25. The topological polar surface area (TPSA) is 226 Å². The van der Waals surface area contributed by atoms with Gasteiger partial charge < -0.3 is 46.0 Å². The number of carbonyl (C=O) groups excluding carboxylic acids is 1. The molecule has 0 heterocycles. The summed E-state index contributed by atoms with van der Waals surface area (Å²) < 4.78 is 22.9. The summed E-state index contributed by atoms with van der Waals surface area (Å²) in [6, 6.07) is -1.15. The second kappa shape index (κ2) is 34.0. The number of phosphoric ester groups is 1. The molecule has 1 aliphatic carbocycles. The fourth-order valence-electron chi connectivity index (χ4n) is 7.66. The van der Waals surface area contributed by atoms with E-state index in [9.17, 15) is 50.0 Å². The molecule has 0 aliphatic heterocycles. The zero-order valence-electron chi connectivity index (χ0n) is 35.8. The van der Waals surface area contributed by atoms with Crippen molar-refractivity contribution in [1.82, 2.24) is 5.32 Å². The number of carbonyl (C=O) groups is 1. The summed E-state index contributed by atoms with van der Waals surface area (Å²) in [5.74, 6) is -0.558. The van der Waals surface area contributed by atoms with Crippen molar-refractivity contribution in [3.05, 3.63) is 0 Å². The summed E-state index contributed by atoms with van der Waals surface area (Å²) in [7, 11) is -5.11. The van der Waals surface area contributed by atoms with Gasteiger partial charge in [-0.3, -0.25) is 13.8 Å². The van der Waals surface area contributed by atoms with Gasteiger partial charge in [-0.1, -0.05) is 187 Å². The predicted octanol–water partition coefficient (Wildman–Crippen LogP) is 7.26. The van der Waals surface area contributed by atoms with Crippen molar-refractivity contribution in [3.63, 3.8) is 0 Å². The lowest BCUT2D eigenvalue weighted by Gasteiger charge is -2.41. The first-order chi connectivity index (χ1) is 27.3. The Labute approximate surface area is 345 Å². The fraction of sp³-hybridized carbons (Fsp3) is 0.977. The van der Waals surface area contributed by atoms with Crippen LogP contribution in [0.4, 0.5) is 0 Å². The summed E-state index contributed by atoms with van der Waals surface area (Å²) in [6.45, 7) is 3.78. The molecule has 8 atom stereocenters. The Kier molecular flexibility index (Phi) is 32.4. The van der Waals surface area contributed by atoms with Crippen LogP contribution < -0.4 is 5.32 Å². The Bertz CT molecular complexity index is 995. The third-order valence-electron chi connectivity index (χ3n) is 11.5. The summed E-state index contributed by atoms with van der Waals surface area (Å²) in [6.07, 6.45) is 18.7. The molecule has 1 aliphatic rings. The van der Waals surface area contributed by atoms with E-state index in [4.69, 9.17) is 9.05 Å². The Morgan fingerprint density at radius 1 is 0.544 bits per heavy atom. The first-order valence-corrected chi connectivity index (χ1v) is 24.6. The molecule has 9 N–H and O–H groups in total. The quantitative estimate of drug-likeness (QED) is 0.0221. The van der Waals surface area contributed by atoms with Gasteiger partial charge in [0.1, 0.15) is 36.6 Å². The smallest absolute Gasteiger partial charge is 0.393 e. The SMILES string of the molecule is CCCCCCCCCCCCCCCCCC(O)CC(=O)NC(COP(=O)(O)OC1C(O)C(O)C(O)C(O)C1O)C(O)CCCCCCCCCCCCCC. The van der Waals surface area contributed by atoms with E-state index in [2.05, 4.69) is 19.2 Å². The number of phosphoric acid groups is 1. The third-order valence-corrected chi connectivity index (χ3v) is 12.5. The van der Waals surface area contributed by atoms with Crippen molar-refractivity contribution in [2.45, 2.75) is 261 Å². The van der Waals surface area contributed by atoms with Crippen molar-refractivity contribution >= 4 is 13.7 Å². The van der Waals surface area contributed by atoms with E-state index in [0.717, 1.165) is 51.4 Å². The van der Waals surface area contributed by atoms with Crippen LogP contribution in [0.15, 0.2) is 0 Å². The largest absolute Gasteiger partial charge is 0.472 e. The molecule has 1 amide bonds. The molecule has 1 fully saturated rings. The molecule has 340 valence electrons. The molecule has 1 saturated carbocycles. The Morgan fingerprint density at radius 3 is 1.26 bits per heavy atom. The van der Waals surface area contributed by atoms with Gasteiger partial charge in [-0.25, -0.2) is 4.57 Å². The van der Waals surface area contributed by atoms with Crippen LogP contribution in [0.25, 0.3) is 0 Å². The van der Waals surface area contributed by atoms with Crippen LogP contribution in [0.5, 0.6) is 0 Å². The van der Waals surface area contributed by atoms with Gasteiger partial charge in [0, 0.05) is 0 Å². The maximum absolute atomic E-state index is 13.0. The van der Waals surface area contributed by atoms with E-state index in [1.807, 2.05) is 0 Å². The lowest BCUT2D eigenvalue weighted by Crippen LogP contribution is -2.64. The van der Waals surface area contributed by atoms with Crippen LogP contribution in [0.3, 0.4) is 0 Å². The molecule has 0 aromatic rings. The monoisotopic (exact) mass is 840 g/mol. The highest BCUT2D eigenvalue weighted by molar-refractivity contribution is 7.47. The van der Waals surface area contributed by atoms with Crippen molar-refractivity contribution < 1.29 is 59.0 Å². The molecular weight excluding hydrogens is 753 g/mol. The second-order valence-electron chi connectivity index (χ2n) is 16.8. The standard InChI is InChI=1S/C43H86NO12P/c1-3-5-7-9-11-13-15-17-18-19-20-22-24-26-28-30-34(45)32-37(47)44-35(36(46)31-29-27-25-23-21-16-14-12-10-8-6-4-2)33-55-57(53,54)56-43-41(51)39(49)38(48)40(50)42(43)52/h34-36,38-43,45-46,48-52H,3-33H2,1-2H3,(H,44,47)(H,53,54). The maximum Gasteiger partial charge on any atom is 0.472 e. The van der Waals surface area contributed by atoms with Crippen LogP contribution in [0, 0.1) is 0 Å². The minimum absolute atomic E-state index is 0.216. The highest BCUT2D eigenvalue weighted by atomic mass is 31.2. The average Bonchev–Trinajstić information content (AvgIpc) is 3.18. The van der Waals surface area contributed by atoms with E-state index in [-0.39, 0.29) is 12.8 Å². The van der Waals surface area contributed by atoms with Crippen LogP contribution in [0.2, 0.25) is 0 Å². The molecule has 0 saturated heterocycles. The Hall–Kier alpha value is -0.700. The second-order valence-corrected chi connectivity index (χ2v) is 18.2. The summed E-state index contributed by atoms with van der Waals surface area (Å²) in [5, 5.41) is 74.5. The highest BCUT2D eigenvalue weighted by Gasteiger charge is 2.51. The van der Waals surface area contributed by atoms with E-state index in [1.165, 1.54) is 116 Å².